The van der Waals surface area contributed by atoms with Gasteiger partial charge in [0, 0.05) is 11.9 Å². The molecule has 0 aliphatic heterocycles. The highest BCUT2D eigenvalue weighted by atomic mass is 19.1. The molecule has 0 spiro atoms. The van der Waals surface area contributed by atoms with Crippen molar-refractivity contribution in [2.75, 3.05) is 13.1 Å². The van der Waals surface area contributed by atoms with Crippen molar-refractivity contribution in [3.8, 4) is 0 Å². The van der Waals surface area contributed by atoms with E-state index in [1.165, 1.54) is 17.3 Å². The van der Waals surface area contributed by atoms with E-state index in [1.807, 2.05) is 6.07 Å². The Balaban J connectivity index is 1.94. The molecule has 0 radical (unpaired) electrons. The predicted octanol–water partition coefficient (Wildman–Crippen LogP) is 5.43. The second-order valence-corrected chi connectivity index (χ2v) is 6.56. The molecule has 132 valence electrons. The van der Waals surface area contributed by atoms with Gasteiger partial charge in [0.15, 0.2) is 0 Å². The van der Waals surface area contributed by atoms with Crippen molar-refractivity contribution in [3.05, 3.63) is 71.3 Å². The van der Waals surface area contributed by atoms with Gasteiger partial charge < -0.3 is 9.88 Å². The maximum atomic E-state index is 13.8. The Labute approximate surface area is 150 Å². The Morgan fingerprint density at radius 1 is 1.12 bits per heavy atom. The number of halogens is 1. The van der Waals surface area contributed by atoms with Gasteiger partial charge in [0.05, 0.1) is 6.04 Å². The summed E-state index contributed by atoms with van der Waals surface area (Å²) < 4.78 is 16.1. The first-order valence-corrected chi connectivity index (χ1v) is 9.29. The summed E-state index contributed by atoms with van der Waals surface area (Å²) >= 11 is 0. The van der Waals surface area contributed by atoms with Crippen molar-refractivity contribution in [3.63, 3.8) is 0 Å². The molecule has 1 aromatic heterocycles. The first kappa shape index (κ1) is 17.7. The van der Waals surface area contributed by atoms with Gasteiger partial charge in [-0.25, -0.2) is 4.39 Å². The van der Waals surface area contributed by atoms with Crippen LogP contribution in [0.4, 0.5) is 4.39 Å². The van der Waals surface area contributed by atoms with Crippen LogP contribution in [0.2, 0.25) is 0 Å². The summed E-state index contributed by atoms with van der Waals surface area (Å²) in [5.74, 6) is -0.172. The second-order valence-electron chi connectivity index (χ2n) is 6.56. The van der Waals surface area contributed by atoms with Gasteiger partial charge in [-0.05, 0) is 74.2 Å². The summed E-state index contributed by atoms with van der Waals surface area (Å²) in [6.45, 7) is 4.10. The number of rotatable bonds is 7. The average molecular weight is 338 g/mol. The summed E-state index contributed by atoms with van der Waals surface area (Å²) in [5, 5.41) is 3.48. The second kappa shape index (κ2) is 8.82. The zero-order valence-corrected chi connectivity index (χ0v) is 14.9. The largest absolute Gasteiger partial charge is 0.340 e. The molecule has 0 bridgehead atoms. The van der Waals surface area contributed by atoms with Crippen molar-refractivity contribution < 1.29 is 4.39 Å². The molecule has 1 heterocycles. The number of nitrogens with zero attached hydrogens (tertiary/aromatic N) is 1. The van der Waals surface area contributed by atoms with Crippen LogP contribution in [0.1, 0.15) is 55.5 Å². The Kier molecular flexibility index (Phi) is 6.24. The molecular weight excluding hydrogens is 311 g/mol. The molecule has 0 saturated carbocycles. The molecule has 0 saturated heterocycles. The smallest absolute Gasteiger partial charge is 0.123 e. The zero-order valence-electron chi connectivity index (χ0n) is 14.9. The van der Waals surface area contributed by atoms with E-state index in [0.717, 1.165) is 44.3 Å². The Morgan fingerprint density at radius 2 is 1.96 bits per heavy atom. The van der Waals surface area contributed by atoms with E-state index in [-0.39, 0.29) is 11.9 Å². The lowest BCUT2D eigenvalue weighted by Gasteiger charge is -2.22. The highest BCUT2D eigenvalue weighted by Gasteiger charge is 2.18. The van der Waals surface area contributed by atoms with Crippen LogP contribution in [0.5, 0.6) is 0 Å². The highest BCUT2D eigenvalue weighted by Crippen LogP contribution is 2.29. The van der Waals surface area contributed by atoms with Crippen LogP contribution in [-0.4, -0.2) is 17.7 Å². The quantitative estimate of drug-likeness (QED) is 0.666. The van der Waals surface area contributed by atoms with Gasteiger partial charge in [0.1, 0.15) is 5.82 Å². The maximum absolute atomic E-state index is 13.8. The SMILES string of the molecule is CCCNCCC(c1cccc(F)c1)n1ccc2c1/C=C\CC/C=C\2. The third kappa shape index (κ3) is 4.49. The first-order valence-electron chi connectivity index (χ1n) is 9.29. The van der Waals surface area contributed by atoms with Gasteiger partial charge in [0.2, 0.25) is 0 Å². The number of hydrogen-bond donors (Lipinski definition) is 1. The standard InChI is InChI=1S/C22H27FN2/c1-2-14-24-15-12-22(19-9-7-10-20(23)17-19)25-16-13-18-8-5-3-4-6-11-21(18)25/h5-11,13,16-17,22,24H,2-4,12,14-15H2,1H3/b8-5-,11-6-. The first-order chi connectivity index (χ1) is 12.3. The molecule has 0 amide bonds. The molecule has 2 nitrogen and oxygen atoms in total. The number of allylic oxidation sites excluding steroid dienone is 2. The van der Waals surface area contributed by atoms with E-state index >= 15 is 0 Å². The van der Waals surface area contributed by atoms with Crippen molar-refractivity contribution in [2.45, 2.75) is 38.6 Å². The van der Waals surface area contributed by atoms with Crippen LogP contribution in [0.15, 0.2) is 48.7 Å². The zero-order chi connectivity index (χ0) is 17.5. The van der Waals surface area contributed by atoms with Gasteiger partial charge in [-0.1, -0.05) is 37.3 Å². The van der Waals surface area contributed by atoms with Crippen molar-refractivity contribution >= 4 is 12.2 Å². The molecule has 2 aromatic rings. The summed E-state index contributed by atoms with van der Waals surface area (Å²) in [6.07, 6.45) is 15.2. The van der Waals surface area contributed by atoms with Crippen LogP contribution in [0.3, 0.4) is 0 Å². The minimum Gasteiger partial charge on any atom is -0.340 e. The molecule has 1 aliphatic rings. The van der Waals surface area contributed by atoms with Crippen LogP contribution in [0.25, 0.3) is 12.2 Å². The van der Waals surface area contributed by atoms with Crippen LogP contribution < -0.4 is 5.32 Å². The fraction of sp³-hybridized carbons (Fsp3) is 0.364. The van der Waals surface area contributed by atoms with Crippen LogP contribution in [0, 0.1) is 5.82 Å². The monoisotopic (exact) mass is 338 g/mol. The van der Waals surface area contributed by atoms with Crippen molar-refractivity contribution in [2.24, 2.45) is 0 Å². The molecule has 3 heteroatoms. The van der Waals surface area contributed by atoms with Gasteiger partial charge in [-0.3, -0.25) is 0 Å². The Bertz CT molecular complexity index is 742. The van der Waals surface area contributed by atoms with E-state index in [4.69, 9.17) is 0 Å². The lowest BCUT2D eigenvalue weighted by atomic mass is 10.0. The van der Waals surface area contributed by atoms with Gasteiger partial charge in [0.25, 0.3) is 0 Å². The third-order valence-corrected chi connectivity index (χ3v) is 4.65. The molecule has 25 heavy (non-hydrogen) atoms. The molecule has 1 aromatic carbocycles. The minimum atomic E-state index is -0.172. The molecule has 1 atom stereocenters. The summed E-state index contributed by atoms with van der Waals surface area (Å²) in [7, 11) is 0. The summed E-state index contributed by atoms with van der Waals surface area (Å²) in [5.41, 5.74) is 3.47. The van der Waals surface area contributed by atoms with Crippen molar-refractivity contribution in [1.29, 1.82) is 0 Å². The molecule has 0 fully saturated rings. The normalized spacial score (nSPS) is 17.4. The topological polar surface area (TPSA) is 17.0 Å². The lowest BCUT2D eigenvalue weighted by Crippen LogP contribution is -2.21. The lowest BCUT2D eigenvalue weighted by molar-refractivity contribution is 0.505. The number of aromatic nitrogens is 1. The highest BCUT2D eigenvalue weighted by molar-refractivity contribution is 5.64. The van der Waals surface area contributed by atoms with Crippen LogP contribution in [-0.2, 0) is 0 Å². The van der Waals surface area contributed by atoms with Crippen molar-refractivity contribution in [1.82, 2.24) is 9.88 Å². The molecule has 1 N–H and O–H groups in total. The molecule has 1 aliphatic carbocycles. The van der Waals surface area contributed by atoms with Gasteiger partial charge >= 0.3 is 0 Å². The number of hydrogen-bond acceptors (Lipinski definition) is 1. The van der Waals surface area contributed by atoms with E-state index in [1.54, 1.807) is 12.1 Å². The summed E-state index contributed by atoms with van der Waals surface area (Å²) in [4.78, 5) is 0. The Morgan fingerprint density at radius 3 is 2.76 bits per heavy atom. The van der Waals surface area contributed by atoms with Gasteiger partial charge in [-0.2, -0.15) is 0 Å². The van der Waals surface area contributed by atoms with E-state index < -0.39 is 0 Å². The molecule has 3 rings (SSSR count). The summed E-state index contributed by atoms with van der Waals surface area (Å²) in [6, 6.07) is 9.30. The van der Waals surface area contributed by atoms with E-state index in [2.05, 4.69) is 53.4 Å². The molecule has 1 unspecified atom stereocenters. The van der Waals surface area contributed by atoms with Gasteiger partial charge in [-0.15, -0.1) is 0 Å². The van der Waals surface area contributed by atoms with Crippen LogP contribution >= 0.6 is 0 Å². The number of benzene rings is 1. The average Bonchev–Trinajstić information content (AvgIpc) is 2.96. The minimum absolute atomic E-state index is 0.126. The Hall–Kier alpha value is -2.13. The van der Waals surface area contributed by atoms with E-state index in [9.17, 15) is 4.39 Å². The third-order valence-electron chi connectivity index (χ3n) is 4.65. The predicted molar refractivity (Wildman–Crippen MR) is 104 cm³/mol. The fourth-order valence-corrected chi connectivity index (χ4v) is 3.39. The number of nitrogens with one attached hydrogen (secondary N) is 1. The number of fused-ring (bicyclic) bond motifs is 1. The fourth-order valence-electron chi connectivity index (χ4n) is 3.39. The van der Waals surface area contributed by atoms with E-state index in [0.29, 0.717) is 0 Å². The molecular formula is C22H27FN2. The maximum Gasteiger partial charge on any atom is 0.123 e.